The largest absolute Gasteiger partial charge is 0.355 e. The lowest BCUT2D eigenvalue weighted by molar-refractivity contribution is -0.145. The van der Waals surface area contributed by atoms with Crippen LogP contribution in [0.1, 0.15) is 46.0 Å². The Morgan fingerprint density at radius 1 is 1.04 bits per heavy atom. The minimum Gasteiger partial charge on any atom is -0.355 e. The van der Waals surface area contributed by atoms with Crippen molar-refractivity contribution in [2.24, 2.45) is 5.92 Å². The molecule has 1 saturated carbocycles. The first-order valence-corrected chi connectivity index (χ1v) is 9.09. The van der Waals surface area contributed by atoms with Crippen LogP contribution in [-0.4, -0.2) is 65.1 Å². The van der Waals surface area contributed by atoms with E-state index in [1.807, 2.05) is 13.8 Å². The summed E-state index contributed by atoms with van der Waals surface area (Å²) in [5.74, 6) is -2.75. The van der Waals surface area contributed by atoms with Gasteiger partial charge in [0.15, 0.2) is 0 Å². The highest BCUT2D eigenvalue weighted by Gasteiger charge is 2.49. The Hall–Kier alpha value is -2.45. The van der Waals surface area contributed by atoms with E-state index in [0.717, 1.165) is 30.6 Å². The summed E-state index contributed by atoms with van der Waals surface area (Å²) in [7, 11) is 0. The summed E-state index contributed by atoms with van der Waals surface area (Å²) in [4.78, 5) is 62.0. The molecular formula is C17H26N4O5. The SMILES string of the molecule is CCCNC(=O)CNC(=O)CN1C(=O)C(=O)N([C@H]2CCCC[C@@H]2C)C1=O. The van der Waals surface area contributed by atoms with Gasteiger partial charge in [-0.3, -0.25) is 24.1 Å². The molecule has 1 aliphatic heterocycles. The molecule has 0 spiro atoms. The fourth-order valence-corrected chi connectivity index (χ4v) is 3.34. The van der Waals surface area contributed by atoms with E-state index in [9.17, 15) is 24.0 Å². The second-order valence-electron chi connectivity index (χ2n) is 6.80. The standard InChI is InChI=1S/C17H26N4O5/c1-3-8-18-13(22)9-19-14(23)10-20-15(24)16(25)21(17(20)26)12-7-5-4-6-11(12)2/h11-12H,3-10H2,1-2H3,(H,18,22)(H,19,23)/t11-,12-/m0/s1. The molecule has 9 nitrogen and oxygen atoms in total. The Morgan fingerprint density at radius 2 is 1.73 bits per heavy atom. The lowest BCUT2D eigenvalue weighted by atomic mass is 9.85. The minimum atomic E-state index is -0.988. The predicted octanol–water partition coefficient (Wildman–Crippen LogP) is -0.00170. The van der Waals surface area contributed by atoms with Crippen LogP contribution in [-0.2, 0) is 19.2 Å². The molecule has 0 bridgehead atoms. The van der Waals surface area contributed by atoms with Crippen molar-refractivity contribution in [3.63, 3.8) is 0 Å². The second kappa shape index (κ2) is 8.77. The number of nitrogens with one attached hydrogen (secondary N) is 2. The van der Waals surface area contributed by atoms with Crippen molar-refractivity contribution >= 4 is 29.7 Å². The molecular weight excluding hydrogens is 340 g/mol. The predicted molar refractivity (Wildman–Crippen MR) is 91.7 cm³/mol. The maximum Gasteiger partial charge on any atom is 0.334 e. The minimum absolute atomic E-state index is 0.125. The summed E-state index contributed by atoms with van der Waals surface area (Å²) in [5, 5.41) is 4.95. The first-order chi connectivity index (χ1) is 12.4. The number of imide groups is 2. The van der Waals surface area contributed by atoms with Gasteiger partial charge in [0.25, 0.3) is 0 Å². The molecule has 1 heterocycles. The average molecular weight is 366 g/mol. The van der Waals surface area contributed by atoms with Crippen LogP contribution in [0.3, 0.4) is 0 Å². The Kier molecular flexibility index (Phi) is 6.70. The van der Waals surface area contributed by atoms with Crippen molar-refractivity contribution in [1.82, 2.24) is 20.4 Å². The molecule has 2 aliphatic rings. The third-order valence-electron chi connectivity index (χ3n) is 4.80. The summed E-state index contributed by atoms with van der Waals surface area (Å²) in [6, 6.07) is -1.05. The van der Waals surface area contributed by atoms with E-state index in [-0.39, 0.29) is 24.4 Å². The van der Waals surface area contributed by atoms with Crippen molar-refractivity contribution in [2.75, 3.05) is 19.6 Å². The number of carbonyl (C=O) groups is 5. The number of hydrogen-bond acceptors (Lipinski definition) is 5. The average Bonchev–Trinajstić information content (AvgIpc) is 2.82. The van der Waals surface area contributed by atoms with Gasteiger partial charge in [0.2, 0.25) is 11.8 Å². The van der Waals surface area contributed by atoms with Crippen molar-refractivity contribution in [1.29, 1.82) is 0 Å². The van der Waals surface area contributed by atoms with E-state index in [2.05, 4.69) is 10.6 Å². The van der Waals surface area contributed by atoms with Crippen molar-refractivity contribution in [3.8, 4) is 0 Å². The van der Waals surface area contributed by atoms with Crippen LogP contribution < -0.4 is 10.6 Å². The van der Waals surface area contributed by atoms with Crippen LogP contribution in [0.2, 0.25) is 0 Å². The van der Waals surface area contributed by atoms with E-state index in [4.69, 9.17) is 0 Å². The van der Waals surface area contributed by atoms with Crippen molar-refractivity contribution in [2.45, 2.75) is 52.0 Å². The van der Waals surface area contributed by atoms with Gasteiger partial charge in [-0.2, -0.15) is 0 Å². The Labute approximate surface area is 152 Å². The van der Waals surface area contributed by atoms with Crippen LogP contribution in [0.4, 0.5) is 4.79 Å². The number of carbonyl (C=O) groups excluding carboxylic acids is 5. The monoisotopic (exact) mass is 366 g/mol. The van der Waals surface area contributed by atoms with Crippen LogP contribution in [0, 0.1) is 5.92 Å². The Morgan fingerprint density at radius 3 is 2.38 bits per heavy atom. The Bertz CT molecular complexity index is 606. The zero-order valence-corrected chi connectivity index (χ0v) is 15.2. The topological polar surface area (TPSA) is 116 Å². The number of amides is 6. The molecule has 1 aliphatic carbocycles. The number of rotatable bonds is 7. The fourth-order valence-electron chi connectivity index (χ4n) is 3.34. The van der Waals surface area contributed by atoms with Crippen LogP contribution in [0.15, 0.2) is 0 Å². The molecule has 0 aromatic carbocycles. The molecule has 6 amide bonds. The fraction of sp³-hybridized carbons (Fsp3) is 0.706. The van der Waals surface area contributed by atoms with Gasteiger partial charge in [0.05, 0.1) is 6.54 Å². The van der Waals surface area contributed by atoms with Gasteiger partial charge in [0, 0.05) is 12.6 Å². The zero-order chi connectivity index (χ0) is 19.3. The summed E-state index contributed by atoms with van der Waals surface area (Å²) in [6.45, 7) is 3.55. The maximum atomic E-state index is 12.5. The van der Waals surface area contributed by atoms with E-state index < -0.39 is 30.3 Å². The summed E-state index contributed by atoms with van der Waals surface area (Å²) in [5.41, 5.74) is 0. The lowest BCUT2D eigenvalue weighted by Gasteiger charge is -2.34. The molecule has 0 aromatic rings. The van der Waals surface area contributed by atoms with Crippen LogP contribution in [0.25, 0.3) is 0 Å². The number of nitrogens with zero attached hydrogens (tertiary/aromatic N) is 2. The normalized spacial score (nSPS) is 23.4. The molecule has 2 N–H and O–H groups in total. The van der Waals surface area contributed by atoms with Gasteiger partial charge >= 0.3 is 17.8 Å². The first-order valence-electron chi connectivity index (χ1n) is 9.09. The van der Waals surface area contributed by atoms with Crippen molar-refractivity contribution in [3.05, 3.63) is 0 Å². The lowest BCUT2D eigenvalue weighted by Crippen LogP contribution is -2.47. The van der Waals surface area contributed by atoms with E-state index >= 15 is 0 Å². The smallest absolute Gasteiger partial charge is 0.334 e. The number of urea groups is 1. The van der Waals surface area contributed by atoms with Gasteiger partial charge in [-0.15, -0.1) is 0 Å². The van der Waals surface area contributed by atoms with Crippen LogP contribution in [0.5, 0.6) is 0 Å². The summed E-state index contributed by atoms with van der Waals surface area (Å²) in [6.07, 6.45) is 4.27. The van der Waals surface area contributed by atoms with Gasteiger partial charge in [-0.05, 0) is 25.2 Å². The molecule has 0 unspecified atom stereocenters. The quantitative estimate of drug-likeness (QED) is 0.486. The molecule has 26 heavy (non-hydrogen) atoms. The van der Waals surface area contributed by atoms with Crippen LogP contribution >= 0.6 is 0 Å². The summed E-state index contributed by atoms with van der Waals surface area (Å²) < 4.78 is 0. The first kappa shape index (κ1) is 19.9. The highest BCUT2D eigenvalue weighted by Crippen LogP contribution is 2.31. The van der Waals surface area contributed by atoms with Gasteiger partial charge in [-0.25, -0.2) is 9.69 Å². The molecule has 2 atom stereocenters. The van der Waals surface area contributed by atoms with Crippen molar-refractivity contribution < 1.29 is 24.0 Å². The van der Waals surface area contributed by atoms with Gasteiger partial charge in [0.1, 0.15) is 6.54 Å². The third-order valence-corrected chi connectivity index (χ3v) is 4.80. The molecule has 0 radical (unpaired) electrons. The number of hydrogen-bond donors (Lipinski definition) is 2. The van der Waals surface area contributed by atoms with E-state index in [0.29, 0.717) is 17.9 Å². The van der Waals surface area contributed by atoms with Gasteiger partial charge < -0.3 is 10.6 Å². The van der Waals surface area contributed by atoms with E-state index in [1.54, 1.807) is 0 Å². The molecule has 2 rings (SSSR count). The molecule has 9 heteroatoms. The second-order valence-corrected chi connectivity index (χ2v) is 6.80. The maximum absolute atomic E-state index is 12.5. The molecule has 0 aromatic heterocycles. The van der Waals surface area contributed by atoms with E-state index in [1.165, 1.54) is 0 Å². The highest BCUT2D eigenvalue weighted by molar-refractivity contribution is 6.45. The molecule has 2 fully saturated rings. The van der Waals surface area contributed by atoms with Gasteiger partial charge in [-0.1, -0.05) is 26.7 Å². The molecule has 144 valence electrons. The summed E-state index contributed by atoms with van der Waals surface area (Å²) >= 11 is 0. The molecule has 1 saturated heterocycles. The Balaban J connectivity index is 1.94. The highest BCUT2D eigenvalue weighted by atomic mass is 16.2. The zero-order valence-electron chi connectivity index (χ0n) is 15.2. The third kappa shape index (κ3) is 4.39.